The van der Waals surface area contributed by atoms with Crippen molar-refractivity contribution in [3.05, 3.63) is 39.8 Å². The summed E-state index contributed by atoms with van der Waals surface area (Å²) in [5, 5.41) is 17.1. The van der Waals surface area contributed by atoms with Gasteiger partial charge in [0.1, 0.15) is 11.9 Å². The van der Waals surface area contributed by atoms with Crippen molar-refractivity contribution in [3.8, 4) is 6.07 Å². The lowest BCUT2D eigenvalue weighted by Crippen LogP contribution is -2.27. The maximum absolute atomic E-state index is 12.3. The molecule has 1 N–H and O–H groups in total. The third-order valence-electron chi connectivity index (χ3n) is 5.05. The average Bonchev–Trinajstić information content (AvgIpc) is 3.02. The van der Waals surface area contributed by atoms with Crippen molar-refractivity contribution in [1.29, 1.82) is 5.26 Å². The molecule has 7 nitrogen and oxygen atoms in total. The van der Waals surface area contributed by atoms with Crippen LogP contribution in [0.1, 0.15) is 35.1 Å². The second-order valence-corrected chi connectivity index (χ2v) is 7.05. The molecular formula is C18H21ClN6O. The van der Waals surface area contributed by atoms with Crippen LogP contribution in [0.4, 0.5) is 5.82 Å². The van der Waals surface area contributed by atoms with Gasteiger partial charge in [0.05, 0.1) is 16.8 Å². The number of rotatable bonds is 4. The molecule has 2 aromatic rings. The van der Waals surface area contributed by atoms with E-state index in [-0.39, 0.29) is 23.6 Å². The Morgan fingerprint density at radius 3 is 2.73 bits per heavy atom. The van der Waals surface area contributed by atoms with E-state index in [0.29, 0.717) is 23.8 Å². The molecule has 8 heteroatoms. The number of likely N-dealkylation sites (tertiary alicyclic amines) is 1. The summed E-state index contributed by atoms with van der Waals surface area (Å²) in [7, 11) is 3.75. The molecule has 0 aromatic carbocycles. The largest absolute Gasteiger partial charge is 0.370 e. The minimum atomic E-state index is -0.0357. The van der Waals surface area contributed by atoms with Gasteiger partial charge in [-0.2, -0.15) is 10.4 Å². The van der Waals surface area contributed by atoms with E-state index in [9.17, 15) is 4.79 Å². The average molecular weight is 373 g/mol. The Kier molecular flexibility index (Phi) is 4.88. The number of nitriles is 1. The third-order valence-corrected chi connectivity index (χ3v) is 5.36. The van der Waals surface area contributed by atoms with Gasteiger partial charge in [0.25, 0.3) is 0 Å². The van der Waals surface area contributed by atoms with E-state index in [1.54, 1.807) is 17.0 Å². The highest BCUT2D eigenvalue weighted by Crippen LogP contribution is 2.39. The number of anilines is 1. The molecule has 3 heterocycles. The second kappa shape index (κ2) is 6.96. The molecule has 3 rings (SSSR count). The Morgan fingerprint density at radius 1 is 1.38 bits per heavy atom. The minimum Gasteiger partial charge on any atom is -0.370 e. The van der Waals surface area contributed by atoms with E-state index in [1.807, 2.05) is 38.7 Å². The fourth-order valence-corrected chi connectivity index (χ4v) is 3.78. The Labute approximate surface area is 157 Å². The van der Waals surface area contributed by atoms with Crippen LogP contribution in [0.15, 0.2) is 12.1 Å². The van der Waals surface area contributed by atoms with Crippen molar-refractivity contribution in [2.45, 2.75) is 26.3 Å². The highest BCUT2D eigenvalue weighted by Gasteiger charge is 2.40. The number of carbonyl (C=O) groups is 1. The molecule has 1 aliphatic heterocycles. The third kappa shape index (κ3) is 3.13. The number of halogens is 1. The molecule has 1 saturated heterocycles. The first-order chi connectivity index (χ1) is 12.3. The first-order valence-electron chi connectivity index (χ1n) is 8.39. The van der Waals surface area contributed by atoms with Gasteiger partial charge in [-0.25, -0.2) is 4.98 Å². The zero-order chi connectivity index (χ0) is 19.0. The molecule has 0 saturated carbocycles. The van der Waals surface area contributed by atoms with Gasteiger partial charge in [0.15, 0.2) is 5.69 Å². The lowest BCUT2D eigenvalue weighted by Gasteiger charge is -2.26. The van der Waals surface area contributed by atoms with Crippen molar-refractivity contribution in [2.24, 2.45) is 13.0 Å². The summed E-state index contributed by atoms with van der Waals surface area (Å²) in [4.78, 5) is 18.4. The van der Waals surface area contributed by atoms with Crippen LogP contribution in [0.25, 0.3) is 0 Å². The number of aryl methyl sites for hydroxylation is 2. The quantitative estimate of drug-likeness (QED) is 0.891. The Hall–Kier alpha value is -2.59. The van der Waals surface area contributed by atoms with Crippen molar-refractivity contribution in [2.75, 3.05) is 18.9 Å². The van der Waals surface area contributed by atoms with Gasteiger partial charge in [-0.05, 0) is 26.0 Å². The van der Waals surface area contributed by atoms with Crippen LogP contribution in [0, 0.1) is 31.1 Å². The molecule has 0 spiro atoms. The molecule has 1 fully saturated rings. The predicted octanol–water partition coefficient (Wildman–Crippen LogP) is 2.59. The molecule has 2 atom stereocenters. The number of pyridine rings is 1. The summed E-state index contributed by atoms with van der Waals surface area (Å²) in [6.45, 7) is 4.56. The number of hydrogen-bond acceptors (Lipinski definition) is 5. The van der Waals surface area contributed by atoms with E-state index in [0.717, 1.165) is 17.0 Å². The van der Waals surface area contributed by atoms with Crippen molar-refractivity contribution in [1.82, 2.24) is 19.7 Å². The first-order valence-corrected chi connectivity index (χ1v) is 8.77. The van der Waals surface area contributed by atoms with E-state index < -0.39 is 0 Å². The van der Waals surface area contributed by atoms with Crippen LogP contribution in [-0.4, -0.2) is 39.2 Å². The SMILES string of the molecule is Cc1nn(C)c(C)c1[C@H]1[C@H](CNc2ccc(Cl)c(C#N)n2)CC(=O)N1C. The number of nitrogens with one attached hydrogen (secondary N) is 1. The van der Waals surface area contributed by atoms with Crippen LogP contribution in [-0.2, 0) is 11.8 Å². The smallest absolute Gasteiger partial charge is 0.223 e. The number of amides is 1. The van der Waals surface area contributed by atoms with Crippen molar-refractivity contribution in [3.63, 3.8) is 0 Å². The number of hydrogen-bond donors (Lipinski definition) is 1. The Bertz CT molecular complexity index is 900. The van der Waals surface area contributed by atoms with Gasteiger partial charge < -0.3 is 10.2 Å². The number of nitrogens with zero attached hydrogens (tertiary/aromatic N) is 5. The van der Waals surface area contributed by atoms with Crippen molar-refractivity contribution >= 4 is 23.3 Å². The fraction of sp³-hybridized carbons (Fsp3) is 0.444. The first kappa shape index (κ1) is 18.2. The minimum absolute atomic E-state index is 0.0357. The maximum Gasteiger partial charge on any atom is 0.223 e. The van der Waals surface area contributed by atoms with Crippen molar-refractivity contribution < 1.29 is 4.79 Å². The topological polar surface area (TPSA) is 86.8 Å². The lowest BCUT2D eigenvalue weighted by atomic mass is 9.92. The monoisotopic (exact) mass is 372 g/mol. The van der Waals surface area contributed by atoms with Gasteiger partial charge in [-0.3, -0.25) is 9.48 Å². The Morgan fingerprint density at radius 2 is 2.12 bits per heavy atom. The van der Waals surface area contributed by atoms with Crippen LogP contribution < -0.4 is 5.32 Å². The zero-order valence-corrected chi connectivity index (χ0v) is 16.0. The van der Waals surface area contributed by atoms with E-state index in [1.165, 1.54) is 0 Å². The second-order valence-electron chi connectivity index (χ2n) is 6.64. The Balaban J connectivity index is 1.84. The number of aromatic nitrogens is 3. The highest BCUT2D eigenvalue weighted by molar-refractivity contribution is 6.31. The summed E-state index contributed by atoms with van der Waals surface area (Å²) in [5.74, 6) is 0.773. The van der Waals surface area contributed by atoms with Crippen LogP contribution in [0.5, 0.6) is 0 Å². The summed E-state index contributed by atoms with van der Waals surface area (Å²) in [5.41, 5.74) is 3.30. The van der Waals surface area contributed by atoms with Gasteiger partial charge in [-0.15, -0.1) is 0 Å². The molecular weight excluding hydrogens is 352 g/mol. The molecule has 1 amide bonds. The zero-order valence-electron chi connectivity index (χ0n) is 15.2. The van der Waals surface area contributed by atoms with E-state index in [2.05, 4.69) is 15.4 Å². The summed E-state index contributed by atoms with van der Waals surface area (Å²) in [6, 6.07) is 5.32. The molecule has 0 radical (unpaired) electrons. The molecule has 0 unspecified atom stereocenters. The van der Waals surface area contributed by atoms with Crippen LogP contribution in [0.3, 0.4) is 0 Å². The van der Waals surface area contributed by atoms with Gasteiger partial charge in [0.2, 0.25) is 5.91 Å². The standard InChI is InChI=1S/C18H21ClN6O/c1-10-17(11(2)25(4)23-10)18-12(7-16(26)24(18)3)9-21-15-6-5-13(19)14(8-20)22-15/h5-6,12,18H,7,9H2,1-4H3,(H,21,22)/t12-,18+/m0/s1. The normalized spacial score (nSPS) is 19.7. The van der Waals surface area contributed by atoms with Gasteiger partial charge in [-0.1, -0.05) is 11.6 Å². The lowest BCUT2D eigenvalue weighted by molar-refractivity contribution is -0.127. The number of carbonyl (C=O) groups excluding carboxylic acids is 1. The summed E-state index contributed by atoms with van der Waals surface area (Å²) >= 11 is 5.93. The van der Waals surface area contributed by atoms with Crippen LogP contribution >= 0.6 is 11.6 Å². The summed E-state index contributed by atoms with van der Waals surface area (Å²) in [6.07, 6.45) is 0.459. The molecule has 1 aliphatic rings. The molecule has 136 valence electrons. The van der Waals surface area contributed by atoms with E-state index >= 15 is 0 Å². The molecule has 2 aromatic heterocycles. The maximum atomic E-state index is 12.3. The summed E-state index contributed by atoms with van der Waals surface area (Å²) < 4.78 is 1.85. The molecule has 0 bridgehead atoms. The molecule has 0 aliphatic carbocycles. The molecule has 26 heavy (non-hydrogen) atoms. The highest BCUT2D eigenvalue weighted by atomic mass is 35.5. The fourth-order valence-electron chi connectivity index (χ4n) is 3.64. The predicted molar refractivity (Wildman–Crippen MR) is 98.8 cm³/mol. The van der Waals surface area contributed by atoms with E-state index in [4.69, 9.17) is 16.9 Å². The van der Waals surface area contributed by atoms with Gasteiger partial charge in [0, 0.05) is 44.2 Å². The van der Waals surface area contributed by atoms with Crippen LogP contribution in [0.2, 0.25) is 5.02 Å². The van der Waals surface area contributed by atoms with Gasteiger partial charge >= 0.3 is 0 Å².